The van der Waals surface area contributed by atoms with Gasteiger partial charge in [-0.2, -0.15) is 0 Å². The smallest absolute Gasteiger partial charge is 0.254 e. The van der Waals surface area contributed by atoms with Crippen molar-refractivity contribution in [1.82, 2.24) is 4.90 Å². The predicted molar refractivity (Wildman–Crippen MR) is 89.8 cm³/mol. The zero-order chi connectivity index (χ0) is 16.0. The number of nitrogens with zero attached hydrogens (tertiary/aromatic N) is 1. The fourth-order valence-corrected chi connectivity index (χ4v) is 4.14. The highest BCUT2D eigenvalue weighted by atomic mass is 16.3. The summed E-state index contributed by atoms with van der Waals surface area (Å²) in [6.07, 6.45) is 3.15. The molecule has 0 saturated carbocycles. The molecule has 2 aromatic rings. The van der Waals surface area contributed by atoms with Crippen molar-refractivity contribution in [2.75, 3.05) is 6.54 Å². The van der Waals surface area contributed by atoms with E-state index in [1.54, 1.807) is 6.07 Å². The summed E-state index contributed by atoms with van der Waals surface area (Å²) in [5.74, 6) is 0.699. The van der Waals surface area contributed by atoms with Crippen molar-refractivity contribution in [3.63, 3.8) is 0 Å². The number of aryl methyl sites for hydroxylation is 1. The molecule has 2 aromatic carbocycles. The molecule has 1 aliphatic heterocycles. The van der Waals surface area contributed by atoms with Gasteiger partial charge in [0, 0.05) is 24.1 Å². The minimum absolute atomic E-state index is 0.0443. The number of aromatic hydroxyl groups is 1. The summed E-state index contributed by atoms with van der Waals surface area (Å²) >= 11 is 0. The molecule has 1 aliphatic carbocycles. The number of amides is 1. The molecular formula is C20H21NO2. The molecule has 1 N–H and O–H groups in total. The standard InChI is InChI=1S/C20H21NO2/c1-13-8-9-15(12-19(13)22)20(23)21-10-4-7-17-16-6-3-2-5-14(16)11-18(17)21/h2-3,5-6,8-9,12,17-18,22H,4,7,10-11H2,1H3. The van der Waals surface area contributed by atoms with Gasteiger partial charge in [-0.15, -0.1) is 0 Å². The van der Waals surface area contributed by atoms with Gasteiger partial charge in [0.1, 0.15) is 5.75 Å². The Balaban J connectivity index is 1.65. The number of phenols is 1. The van der Waals surface area contributed by atoms with Gasteiger partial charge in [0.2, 0.25) is 0 Å². The first-order chi connectivity index (χ1) is 11.1. The molecule has 0 bridgehead atoms. The van der Waals surface area contributed by atoms with Crippen LogP contribution in [0.5, 0.6) is 5.75 Å². The maximum Gasteiger partial charge on any atom is 0.254 e. The van der Waals surface area contributed by atoms with E-state index in [1.165, 1.54) is 11.1 Å². The topological polar surface area (TPSA) is 40.5 Å². The van der Waals surface area contributed by atoms with Crippen molar-refractivity contribution in [2.45, 2.75) is 38.1 Å². The molecule has 2 unspecified atom stereocenters. The van der Waals surface area contributed by atoms with Crippen molar-refractivity contribution in [2.24, 2.45) is 0 Å². The summed E-state index contributed by atoms with van der Waals surface area (Å²) in [5, 5.41) is 9.91. The number of hydrogen-bond acceptors (Lipinski definition) is 2. The average molecular weight is 307 g/mol. The second kappa shape index (κ2) is 5.41. The van der Waals surface area contributed by atoms with E-state index < -0.39 is 0 Å². The predicted octanol–water partition coefficient (Wildman–Crippen LogP) is 3.65. The molecule has 1 heterocycles. The van der Waals surface area contributed by atoms with E-state index in [-0.39, 0.29) is 17.7 Å². The number of carbonyl (C=O) groups is 1. The lowest BCUT2D eigenvalue weighted by molar-refractivity contribution is 0.0595. The number of likely N-dealkylation sites (tertiary alicyclic amines) is 1. The molecule has 118 valence electrons. The van der Waals surface area contributed by atoms with E-state index in [9.17, 15) is 9.90 Å². The number of phenolic OH excluding ortho intramolecular Hbond substituents is 1. The largest absolute Gasteiger partial charge is 0.508 e. The van der Waals surface area contributed by atoms with Gasteiger partial charge in [-0.1, -0.05) is 30.3 Å². The van der Waals surface area contributed by atoms with Gasteiger partial charge < -0.3 is 10.0 Å². The van der Waals surface area contributed by atoms with E-state index in [0.717, 1.165) is 31.4 Å². The number of piperidine rings is 1. The van der Waals surface area contributed by atoms with Crippen LogP contribution in [0.1, 0.15) is 45.8 Å². The van der Waals surface area contributed by atoms with E-state index in [1.807, 2.05) is 24.0 Å². The van der Waals surface area contributed by atoms with Gasteiger partial charge in [0.25, 0.3) is 5.91 Å². The first kappa shape index (κ1) is 14.3. The van der Waals surface area contributed by atoms with Gasteiger partial charge >= 0.3 is 0 Å². The molecule has 3 nitrogen and oxygen atoms in total. The Labute approximate surface area is 136 Å². The Morgan fingerprint density at radius 3 is 2.87 bits per heavy atom. The van der Waals surface area contributed by atoms with Crippen LogP contribution in [-0.2, 0) is 6.42 Å². The van der Waals surface area contributed by atoms with Gasteiger partial charge in [-0.25, -0.2) is 0 Å². The summed E-state index contributed by atoms with van der Waals surface area (Å²) in [6.45, 7) is 2.65. The summed E-state index contributed by atoms with van der Waals surface area (Å²) in [7, 11) is 0. The molecule has 4 rings (SSSR count). The monoisotopic (exact) mass is 307 g/mol. The van der Waals surface area contributed by atoms with Crippen LogP contribution in [0, 0.1) is 6.92 Å². The SMILES string of the molecule is Cc1ccc(C(=O)N2CCCC3c4ccccc4CC32)cc1O. The van der Waals surface area contributed by atoms with Crippen LogP contribution in [0.3, 0.4) is 0 Å². The van der Waals surface area contributed by atoms with Crippen LogP contribution >= 0.6 is 0 Å². The maximum atomic E-state index is 13.0. The summed E-state index contributed by atoms with van der Waals surface area (Å²) in [4.78, 5) is 15.0. The average Bonchev–Trinajstić information content (AvgIpc) is 2.95. The van der Waals surface area contributed by atoms with Crippen molar-refractivity contribution < 1.29 is 9.90 Å². The van der Waals surface area contributed by atoms with Crippen LogP contribution in [0.25, 0.3) is 0 Å². The molecule has 0 radical (unpaired) electrons. The number of carbonyl (C=O) groups excluding carboxylic acids is 1. The quantitative estimate of drug-likeness (QED) is 0.873. The van der Waals surface area contributed by atoms with Crippen molar-refractivity contribution >= 4 is 5.91 Å². The summed E-state index contributed by atoms with van der Waals surface area (Å²) in [5.41, 5.74) is 4.19. The minimum Gasteiger partial charge on any atom is -0.508 e. The third-order valence-corrected chi connectivity index (χ3v) is 5.38. The Morgan fingerprint density at radius 2 is 2.04 bits per heavy atom. The second-order valence-electron chi connectivity index (χ2n) is 6.72. The zero-order valence-electron chi connectivity index (χ0n) is 13.3. The third-order valence-electron chi connectivity index (χ3n) is 5.38. The third kappa shape index (κ3) is 2.31. The molecule has 2 atom stereocenters. The van der Waals surface area contributed by atoms with Gasteiger partial charge in [-0.3, -0.25) is 4.79 Å². The van der Waals surface area contributed by atoms with Gasteiger partial charge in [0.05, 0.1) is 0 Å². The molecular weight excluding hydrogens is 286 g/mol. The molecule has 1 saturated heterocycles. The Bertz CT molecular complexity index is 768. The Hall–Kier alpha value is -2.29. The minimum atomic E-state index is 0.0443. The van der Waals surface area contributed by atoms with Crippen LogP contribution < -0.4 is 0 Å². The number of fused-ring (bicyclic) bond motifs is 3. The fraction of sp³-hybridized carbons (Fsp3) is 0.350. The summed E-state index contributed by atoms with van der Waals surface area (Å²) < 4.78 is 0. The molecule has 2 aliphatic rings. The number of benzene rings is 2. The van der Waals surface area contributed by atoms with Crippen LogP contribution in [0.2, 0.25) is 0 Å². The second-order valence-corrected chi connectivity index (χ2v) is 6.72. The molecule has 0 aromatic heterocycles. The Morgan fingerprint density at radius 1 is 1.22 bits per heavy atom. The maximum absolute atomic E-state index is 13.0. The van der Waals surface area contributed by atoms with Crippen LogP contribution in [-0.4, -0.2) is 28.5 Å². The molecule has 1 amide bonds. The van der Waals surface area contributed by atoms with E-state index in [0.29, 0.717) is 11.5 Å². The van der Waals surface area contributed by atoms with Gasteiger partial charge in [0.15, 0.2) is 0 Å². The highest BCUT2D eigenvalue weighted by Gasteiger charge is 2.40. The number of rotatable bonds is 1. The first-order valence-corrected chi connectivity index (χ1v) is 8.33. The number of hydrogen-bond donors (Lipinski definition) is 1. The van der Waals surface area contributed by atoms with Crippen LogP contribution in [0.4, 0.5) is 0 Å². The van der Waals surface area contributed by atoms with Crippen molar-refractivity contribution in [3.8, 4) is 5.75 Å². The lowest BCUT2D eigenvalue weighted by Crippen LogP contribution is -2.46. The molecule has 3 heteroatoms. The first-order valence-electron chi connectivity index (χ1n) is 8.33. The normalized spacial score (nSPS) is 22.6. The lowest BCUT2D eigenvalue weighted by atomic mass is 9.88. The van der Waals surface area contributed by atoms with E-state index in [2.05, 4.69) is 24.3 Å². The molecule has 1 fully saturated rings. The highest BCUT2D eigenvalue weighted by Crippen LogP contribution is 2.42. The van der Waals surface area contributed by atoms with Crippen LogP contribution in [0.15, 0.2) is 42.5 Å². The van der Waals surface area contributed by atoms with E-state index >= 15 is 0 Å². The van der Waals surface area contributed by atoms with Crippen molar-refractivity contribution in [3.05, 3.63) is 64.7 Å². The highest BCUT2D eigenvalue weighted by molar-refractivity contribution is 5.95. The Kier molecular flexibility index (Phi) is 3.37. The van der Waals surface area contributed by atoms with Gasteiger partial charge in [-0.05, 0) is 55.0 Å². The zero-order valence-corrected chi connectivity index (χ0v) is 13.3. The fourth-order valence-electron chi connectivity index (χ4n) is 4.14. The summed E-state index contributed by atoms with van der Waals surface area (Å²) in [6, 6.07) is 14.1. The molecule has 23 heavy (non-hydrogen) atoms. The van der Waals surface area contributed by atoms with E-state index in [4.69, 9.17) is 0 Å². The molecule has 0 spiro atoms. The van der Waals surface area contributed by atoms with Crippen molar-refractivity contribution in [1.29, 1.82) is 0 Å². The lowest BCUT2D eigenvalue weighted by Gasteiger charge is -2.38.